The zero-order valence-electron chi connectivity index (χ0n) is 9.02. The molecule has 1 saturated heterocycles. The summed E-state index contributed by atoms with van der Waals surface area (Å²) in [6.07, 6.45) is 0. The zero-order valence-corrected chi connectivity index (χ0v) is 9.02. The van der Waals surface area contributed by atoms with Gasteiger partial charge >= 0.3 is 5.97 Å². The van der Waals surface area contributed by atoms with Crippen molar-refractivity contribution >= 4 is 5.97 Å². The maximum Gasteiger partial charge on any atom is 0.358 e. The third-order valence-corrected chi connectivity index (χ3v) is 2.53. The highest BCUT2D eigenvalue weighted by molar-refractivity contribution is 5.85. The van der Waals surface area contributed by atoms with Crippen LogP contribution in [0.5, 0.6) is 0 Å². The number of carboxylic acid groups (broad SMARTS) is 1. The van der Waals surface area contributed by atoms with Crippen molar-refractivity contribution in [2.45, 2.75) is 13.5 Å². The molecule has 0 atom stereocenters. The van der Waals surface area contributed by atoms with E-state index in [4.69, 9.17) is 14.4 Å². The third kappa shape index (κ3) is 2.40. The van der Waals surface area contributed by atoms with Gasteiger partial charge in [-0.15, -0.1) is 0 Å². The SMILES string of the molecule is CC1(CNCc2cc(C(=O)O)no2)COC1. The molecular formula is C10H14N2O4. The molecule has 2 heterocycles. The molecule has 1 aliphatic rings. The van der Waals surface area contributed by atoms with Crippen molar-refractivity contribution in [3.63, 3.8) is 0 Å². The number of ether oxygens (including phenoxy) is 1. The van der Waals surface area contributed by atoms with Gasteiger partial charge in [0.15, 0.2) is 11.5 Å². The van der Waals surface area contributed by atoms with E-state index >= 15 is 0 Å². The molecule has 16 heavy (non-hydrogen) atoms. The average Bonchev–Trinajstić information content (AvgIpc) is 2.64. The summed E-state index contributed by atoms with van der Waals surface area (Å²) in [6, 6.07) is 1.43. The molecule has 0 bridgehead atoms. The van der Waals surface area contributed by atoms with Crippen molar-refractivity contribution in [1.82, 2.24) is 10.5 Å². The van der Waals surface area contributed by atoms with Crippen molar-refractivity contribution in [2.75, 3.05) is 19.8 Å². The molecule has 0 amide bonds. The fourth-order valence-corrected chi connectivity index (χ4v) is 1.54. The van der Waals surface area contributed by atoms with Crippen LogP contribution >= 0.6 is 0 Å². The van der Waals surface area contributed by atoms with Crippen LogP contribution in [0.2, 0.25) is 0 Å². The maximum absolute atomic E-state index is 10.5. The van der Waals surface area contributed by atoms with Crippen LogP contribution < -0.4 is 5.32 Å². The quantitative estimate of drug-likeness (QED) is 0.760. The van der Waals surface area contributed by atoms with Crippen LogP contribution in [0.25, 0.3) is 0 Å². The lowest BCUT2D eigenvalue weighted by atomic mass is 9.89. The van der Waals surface area contributed by atoms with E-state index in [-0.39, 0.29) is 11.1 Å². The molecule has 0 spiro atoms. The number of hydrogen-bond acceptors (Lipinski definition) is 5. The highest BCUT2D eigenvalue weighted by atomic mass is 16.5. The van der Waals surface area contributed by atoms with Crippen LogP contribution in [0, 0.1) is 5.41 Å². The van der Waals surface area contributed by atoms with Crippen LogP contribution in [0.1, 0.15) is 23.2 Å². The van der Waals surface area contributed by atoms with E-state index in [0.717, 1.165) is 19.8 Å². The first-order valence-corrected chi connectivity index (χ1v) is 5.06. The van der Waals surface area contributed by atoms with E-state index in [1.54, 1.807) is 0 Å². The van der Waals surface area contributed by atoms with E-state index in [2.05, 4.69) is 17.4 Å². The Bertz CT molecular complexity index is 384. The van der Waals surface area contributed by atoms with Crippen LogP contribution in [-0.2, 0) is 11.3 Å². The van der Waals surface area contributed by atoms with E-state index in [1.807, 2.05) is 0 Å². The molecule has 0 saturated carbocycles. The lowest BCUT2D eigenvalue weighted by molar-refractivity contribution is -0.0993. The van der Waals surface area contributed by atoms with Gasteiger partial charge in [-0.25, -0.2) is 4.79 Å². The first-order chi connectivity index (χ1) is 7.59. The molecule has 0 aliphatic carbocycles. The number of nitrogens with one attached hydrogen (secondary N) is 1. The van der Waals surface area contributed by atoms with Gasteiger partial charge in [0.25, 0.3) is 0 Å². The van der Waals surface area contributed by atoms with Crippen molar-refractivity contribution in [3.05, 3.63) is 17.5 Å². The fraction of sp³-hybridized carbons (Fsp3) is 0.600. The predicted octanol–water partition coefficient (Wildman–Crippen LogP) is 0.499. The van der Waals surface area contributed by atoms with Gasteiger partial charge in [0, 0.05) is 18.0 Å². The highest BCUT2D eigenvalue weighted by Gasteiger charge is 2.32. The highest BCUT2D eigenvalue weighted by Crippen LogP contribution is 2.25. The number of rotatable bonds is 5. The van der Waals surface area contributed by atoms with Crippen LogP contribution in [0.4, 0.5) is 0 Å². The Hall–Kier alpha value is -1.40. The topological polar surface area (TPSA) is 84.6 Å². The molecule has 6 heteroatoms. The molecule has 2 N–H and O–H groups in total. The third-order valence-electron chi connectivity index (χ3n) is 2.53. The normalized spacial score (nSPS) is 18.1. The second-order valence-corrected chi connectivity index (χ2v) is 4.39. The summed E-state index contributed by atoms with van der Waals surface area (Å²) in [7, 11) is 0. The number of carbonyl (C=O) groups is 1. The maximum atomic E-state index is 10.5. The van der Waals surface area contributed by atoms with E-state index in [1.165, 1.54) is 6.07 Å². The molecule has 0 radical (unpaired) electrons. The first-order valence-electron chi connectivity index (χ1n) is 5.06. The molecule has 1 aromatic rings. The molecular weight excluding hydrogens is 212 g/mol. The zero-order chi connectivity index (χ0) is 11.6. The Balaban J connectivity index is 1.78. The number of nitrogens with zero attached hydrogens (tertiary/aromatic N) is 1. The molecule has 0 unspecified atom stereocenters. The Kier molecular flexibility index (Phi) is 2.93. The molecule has 1 aromatic heterocycles. The van der Waals surface area contributed by atoms with E-state index < -0.39 is 5.97 Å². The van der Waals surface area contributed by atoms with Gasteiger partial charge in [-0.1, -0.05) is 12.1 Å². The predicted molar refractivity (Wildman–Crippen MR) is 54.1 cm³/mol. The van der Waals surface area contributed by atoms with Gasteiger partial charge in [-0.05, 0) is 0 Å². The van der Waals surface area contributed by atoms with Gasteiger partial charge in [0.2, 0.25) is 0 Å². The fourth-order valence-electron chi connectivity index (χ4n) is 1.54. The van der Waals surface area contributed by atoms with Gasteiger partial charge in [-0.2, -0.15) is 0 Å². The largest absolute Gasteiger partial charge is 0.476 e. The summed E-state index contributed by atoms with van der Waals surface area (Å²) >= 11 is 0. The van der Waals surface area contributed by atoms with Crippen molar-refractivity contribution < 1.29 is 19.2 Å². The Morgan fingerprint density at radius 3 is 2.94 bits per heavy atom. The minimum absolute atomic E-state index is 0.0602. The molecule has 1 fully saturated rings. The number of aromatic carboxylic acids is 1. The van der Waals surface area contributed by atoms with Crippen LogP contribution in [0.15, 0.2) is 10.6 Å². The lowest BCUT2D eigenvalue weighted by Gasteiger charge is -2.38. The summed E-state index contributed by atoms with van der Waals surface area (Å²) in [5, 5.41) is 15.3. The minimum Gasteiger partial charge on any atom is -0.476 e. The monoisotopic (exact) mass is 226 g/mol. The molecule has 2 rings (SSSR count). The minimum atomic E-state index is -1.07. The van der Waals surface area contributed by atoms with Gasteiger partial charge in [0.1, 0.15) is 0 Å². The lowest BCUT2D eigenvalue weighted by Crippen LogP contribution is -2.47. The average molecular weight is 226 g/mol. The van der Waals surface area contributed by atoms with Crippen LogP contribution in [-0.4, -0.2) is 36.0 Å². The number of carboxylic acids is 1. The van der Waals surface area contributed by atoms with Gasteiger partial charge < -0.3 is 19.7 Å². The summed E-state index contributed by atoms with van der Waals surface area (Å²) in [4.78, 5) is 10.5. The Morgan fingerprint density at radius 2 is 2.44 bits per heavy atom. The molecule has 0 aromatic carbocycles. The Morgan fingerprint density at radius 1 is 1.69 bits per heavy atom. The second kappa shape index (κ2) is 4.23. The smallest absolute Gasteiger partial charge is 0.358 e. The Labute approximate surface area is 92.6 Å². The number of aromatic nitrogens is 1. The number of hydrogen-bond donors (Lipinski definition) is 2. The van der Waals surface area contributed by atoms with Crippen molar-refractivity contribution in [2.24, 2.45) is 5.41 Å². The van der Waals surface area contributed by atoms with Crippen molar-refractivity contribution in [1.29, 1.82) is 0 Å². The van der Waals surface area contributed by atoms with Gasteiger partial charge in [-0.3, -0.25) is 0 Å². The van der Waals surface area contributed by atoms with Crippen molar-refractivity contribution in [3.8, 4) is 0 Å². The molecule has 1 aliphatic heterocycles. The van der Waals surface area contributed by atoms with E-state index in [0.29, 0.717) is 12.3 Å². The molecule has 88 valence electrons. The standard InChI is InChI=1S/C10H14N2O4/c1-10(5-15-6-10)4-11-3-7-2-8(9(13)14)12-16-7/h2,11H,3-6H2,1H3,(H,13,14). The summed E-state index contributed by atoms with van der Waals surface area (Å²) in [5.74, 6) is -0.546. The second-order valence-electron chi connectivity index (χ2n) is 4.39. The summed E-state index contributed by atoms with van der Waals surface area (Å²) in [5.41, 5.74) is 0.130. The van der Waals surface area contributed by atoms with E-state index in [9.17, 15) is 4.79 Å². The summed E-state index contributed by atoms with van der Waals surface area (Å²) < 4.78 is 9.99. The summed E-state index contributed by atoms with van der Waals surface area (Å²) in [6.45, 7) is 4.95. The van der Waals surface area contributed by atoms with Crippen LogP contribution in [0.3, 0.4) is 0 Å². The van der Waals surface area contributed by atoms with Gasteiger partial charge in [0.05, 0.1) is 19.8 Å². The molecule has 6 nitrogen and oxygen atoms in total. The first kappa shape index (κ1) is 11.1.